The number of aryl methyl sites for hydroxylation is 7. The molecule has 0 saturated heterocycles. The zero-order chi connectivity index (χ0) is 35.6. The predicted octanol–water partition coefficient (Wildman–Crippen LogP) is 13.7. The lowest BCUT2D eigenvalue weighted by molar-refractivity contribution is 0.766. The summed E-state index contributed by atoms with van der Waals surface area (Å²) in [6.07, 6.45) is 21.1. The summed E-state index contributed by atoms with van der Waals surface area (Å²) >= 11 is 0. The molecule has 0 atom stereocenters. The van der Waals surface area contributed by atoms with Crippen molar-refractivity contribution in [1.29, 1.82) is 0 Å². The van der Waals surface area contributed by atoms with Gasteiger partial charge in [-0.3, -0.25) is 9.98 Å². The molecule has 3 nitrogen and oxygen atoms in total. The first kappa shape index (κ1) is 40.4. The molecule has 1 heterocycles. The number of hydrogen-bond acceptors (Lipinski definition) is 3. The van der Waals surface area contributed by atoms with Crippen LogP contribution in [-0.4, -0.2) is 16.4 Å². The Morgan fingerprint density at radius 1 is 0.449 bits per heavy atom. The van der Waals surface area contributed by atoms with Crippen molar-refractivity contribution >= 4 is 22.8 Å². The first-order valence-corrected chi connectivity index (χ1v) is 20.2. The highest BCUT2D eigenvalue weighted by Gasteiger charge is 2.15. The van der Waals surface area contributed by atoms with Crippen LogP contribution in [0.3, 0.4) is 0 Å². The third kappa shape index (κ3) is 12.6. The number of aromatic nitrogens is 1. The molecular formula is C46H69N3. The van der Waals surface area contributed by atoms with E-state index < -0.39 is 0 Å². The van der Waals surface area contributed by atoms with Gasteiger partial charge in [-0.05, 0) is 149 Å². The average Bonchev–Trinajstić information content (AvgIpc) is 3.10. The molecule has 0 fully saturated rings. The number of aliphatic imine (C=N–C) groups is 2. The third-order valence-electron chi connectivity index (χ3n) is 9.76. The lowest BCUT2D eigenvalue weighted by Crippen LogP contribution is -2.07. The lowest BCUT2D eigenvalue weighted by atomic mass is 9.94. The summed E-state index contributed by atoms with van der Waals surface area (Å²) in [5.74, 6) is 0. The van der Waals surface area contributed by atoms with Crippen LogP contribution in [0.4, 0.5) is 11.4 Å². The van der Waals surface area contributed by atoms with Crippen LogP contribution in [0.15, 0.2) is 46.4 Å². The fourth-order valence-electron chi connectivity index (χ4n) is 6.72. The molecule has 268 valence electrons. The molecule has 3 rings (SSSR count). The summed E-state index contributed by atoms with van der Waals surface area (Å²) in [4.78, 5) is 16.1. The van der Waals surface area contributed by atoms with E-state index in [1.165, 1.54) is 127 Å². The van der Waals surface area contributed by atoms with Gasteiger partial charge in [0.2, 0.25) is 0 Å². The fourth-order valence-corrected chi connectivity index (χ4v) is 6.72. The molecule has 0 radical (unpaired) electrons. The quantitative estimate of drug-likeness (QED) is 0.0986. The van der Waals surface area contributed by atoms with Gasteiger partial charge in [0.1, 0.15) is 0 Å². The number of hydrogen-bond donors (Lipinski definition) is 0. The van der Waals surface area contributed by atoms with Crippen molar-refractivity contribution < 1.29 is 0 Å². The topological polar surface area (TPSA) is 37.6 Å². The first-order valence-electron chi connectivity index (χ1n) is 20.2. The van der Waals surface area contributed by atoms with Crippen LogP contribution in [0.1, 0.15) is 183 Å². The number of rotatable bonds is 22. The second kappa shape index (κ2) is 21.9. The maximum atomic E-state index is 5.43. The molecule has 0 N–H and O–H groups in total. The van der Waals surface area contributed by atoms with E-state index in [4.69, 9.17) is 15.0 Å². The molecule has 3 heteroatoms. The van der Waals surface area contributed by atoms with Crippen LogP contribution >= 0.6 is 0 Å². The number of pyridine rings is 1. The van der Waals surface area contributed by atoms with Gasteiger partial charge in [0.05, 0.1) is 34.2 Å². The minimum absolute atomic E-state index is 0.954. The molecule has 0 spiro atoms. The van der Waals surface area contributed by atoms with Gasteiger partial charge >= 0.3 is 0 Å². The summed E-state index contributed by atoms with van der Waals surface area (Å²) < 4.78 is 0. The molecule has 0 aliphatic carbocycles. The largest absolute Gasteiger partial charge is 0.251 e. The summed E-state index contributed by atoms with van der Waals surface area (Å²) in [7, 11) is 0. The SMILES string of the molecule is CCCCc1cc(CCCC)c(N=C(C)c2cc(C)cc(C(C)=Nc3c(CCCC)cc(CCCC)cc3CCCC)n2)c(CCCC)c1. The highest BCUT2D eigenvalue weighted by molar-refractivity contribution is 6.03. The Morgan fingerprint density at radius 2 is 0.735 bits per heavy atom. The minimum atomic E-state index is 0.954. The predicted molar refractivity (Wildman–Crippen MR) is 217 cm³/mol. The second-order valence-corrected chi connectivity index (χ2v) is 14.5. The van der Waals surface area contributed by atoms with E-state index in [9.17, 15) is 0 Å². The van der Waals surface area contributed by atoms with Gasteiger partial charge in [-0.15, -0.1) is 0 Å². The Kier molecular flexibility index (Phi) is 18.0. The van der Waals surface area contributed by atoms with Gasteiger partial charge in [-0.25, -0.2) is 4.98 Å². The Morgan fingerprint density at radius 3 is 1.02 bits per heavy atom. The maximum absolute atomic E-state index is 5.43. The zero-order valence-electron chi connectivity index (χ0n) is 33.0. The van der Waals surface area contributed by atoms with Crippen LogP contribution in [0, 0.1) is 6.92 Å². The Balaban J connectivity index is 2.13. The van der Waals surface area contributed by atoms with Gasteiger partial charge in [0.25, 0.3) is 0 Å². The first-order chi connectivity index (χ1) is 23.8. The summed E-state index contributed by atoms with van der Waals surface area (Å²) in [6, 6.07) is 14.2. The molecular weight excluding hydrogens is 595 g/mol. The van der Waals surface area contributed by atoms with E-state index >= 15 is 0 Å². The zero-order valence-corrected chi connectivity index (χ0v) is 33.0. The normalized spacial score (nSPS) is 12.3. The molecule has 0 aliphatic heterocycles. The molecule has 1 aromatic heterocycles. The maximum Gasteiger partial charge on any atom is 0.0852 e. The average molecular weight is 664 g/mol. The van der Waals surface area contributed by atoms with Crippen molar-refractivity contribution in [2.45, 2.75) is 178 Å². The Bertz CT molecular complexity index is 1340. The molecule has 2 aromatic carbocycles. The summed E-state index contributed by atoms with van der Waals surface area (Å²) in [6.45, 7) is 20.2. The van der Waals surface area contributed by atoms with Crippen LogP contribution < -0.4 is 0 Å². The second-order valence-electron chi connectivity index (χ2n) is 14.5. The highest BCUT2D eigenvalue weighted by atomic mass is 14.8. The van der Waals surface area contributed by atoms with E-state index in [1.807, 2.05) is 0 Å². The van der Waals surface area contributed by atoms with Gasteiger partial charge in [-0.2, -0.15) is 0 Å². The monoisotopic (exact) mass is 664 g/mol. The van der Waals surface area contributed by atoms with Gasteiger partial charge in [0, 0.05) is 0 Å². The van der Waals surface area contributed by atoms with E-state index in [0.717, 1.165) is 61.3 Å². The van der Waals surface area contributed by atoms with Crippen molar-refractivity contribution in [2.24, 2.45) is 9.98 Å². The molecule has 0 aliphatic rings. The van der Waals surface area contributed by atoms with Gasteiger partial charge in [0.15, 0.2) is 0 Å². The molecule has 3 aromatic rings. The van der Waals surface area contributed by atoms with Crippen LogP contribution in [0.5, 0.6) is 0 Å². The number of benzene rings is 2. The van der Waals surface area contributed by atoms with Crippen LogP contribution in [0.2, 0.25) is 0 Å². The van der Waals surface area contributed by atoms with E-state index in [0.29, 0.717) is 0 Å². The third-order valence-corrected chi connectivity index (χ3v) is 9.76. The Labute approximate surface area is 301 Å². The van der Waals surface area contributed by atoms with Crippen molar-refractivity contribution in [3.63, 3.8) is 0 Å². The Hall–Kier alpha value is -3.07. The van der Waals surface area contributed by atoms with Crippen molar-refractivity contribution in [2.75, 3.05) is 0 Å². The fraction of sp³-hybridized carbons (Fsp3) is 0.587. The van der Waals surface area contributed by atoms with Crippen molar-refractivity contribution in [1.82, 2.24) is 4.98 Å². The molecule has 0 bridgehead atoms. The molecule has 0 saturated carbocycles. The van der Waals surface area contributed by atoms with Crippen molar-refractivity contribution in [3.05, 3.63) is 86.7 Å². The highest BCUT2D eigenvalue weighted by Crippen LogP contribution is 2.33. The van der Waals surface area contributed by atoms with Crippen LogP contribution in [0.25, 0.3) is 0 Å². The van der Waals surface area contributed by atoms with Crippen LogP contribution in [-0.2, 0) is 38.5 Å². The summed E-state index contributed by atoms with van der Waals surface area (Å²) in [5.41, 5.74) is 16.1. The number of unbranched alkanes of at least 4 members (excludes halogenated alkanes) is 6. The minimum Gasteiger partial charge on any atom is -0.251 e. The number of nitrogens with zero attached hydrogens (tertiary/aromatic N) is 3. The molecule has 0 unspecified atom stereocenters. The van der Waals surface area contributed by atoms with Crippen molar-refractivity contribution in [3.8, 4) is 0 Å². The molecule has 49 heavy (non-hydrogen) atoms. The smallest absolute Gasteiger partial charge is 0.0852 e. The van der Waals surface area contributed by atoms with E-state index in [-0.39, 0.29) is 0 Å². The van der Waals surface area contributed by atoms with E-state index in [1.54, 1.807) is 0 Å². The van der Waals surface area contributed by atoms with E-state index in [2.05, 4.69) is 98.7 Å². The van der Waals surface area contributed by atoms with Gasteiger partial charge < -0.3 is 0 Å². The molecule has 0 amide bonds. The lowest BCUT2D eigenvalue weighted by Gasteiger charge is -2.17. The summed E-state index contributed by atoms with van der Waals surface area (Å²) in [5, 5.41) is 0. The standard InChI is InChI=1S/C46H69N3/c1-10-16-22-37-30-39(24-18-12-3)45(40(31-37)25-19-13-4)47-35(8)43-28-34(7)29-44(49-43)36(9)48-46-41(26-20-14-5)32-38(23-17-11-2)33-42(46)27-21-15-6/h28-33H,10-27H2,1-9H3. The van der Waals surface area contributed by atoms with Gasteiger partial charge in [-0.1, -0.05) is 104 Å².